The van der Waals surface area contributed by atoms with E-state index >= 15 is 0 Å². The van der Waals surface area contributed by atoms with Crippen molar-refractivity contribution in [3.8, 4) is 0 Å². The number of hydrogen-bond donors (Lipinski definition) is 0. The SMILES string of the molecule is CCC(C)C1COCC(F)(F)C1. The summed E-state index contributed by atoms with van der Waals surface area (Å²) in [6.45, 7) is 4.15. The Kier molecular flexibility index (Phi) is 3.04. The van der Waals surface area contributed by atoms with Crippen LogP contribution in [0.1, 0.15) is 26.7 Å². The van der Waals surface area contributed by atoms with Gasteiger partial charge in [0.25, 0.3) is 5.92 Å². The van der Waals surface area contributed by atoms with Gasteiger partial charge in [0.2, 0.25) is 0 Å². The first-order valence-electron chi connectivity index (χ1n) is 4.50. The lowest BCUT2D eigenvalue weighted by Gasteiger charge is -2.32. The van der Waals surface area contributed by atoms with E-state index in [2.05, 4.69) is 0 Å². The Hall–Kier alpha value is -0.180. The Morgan fingerprint density at radius 1 is 1.58 bits per heavy atom. The Balaban J connectivity index is 2.46. The molecule has 1 saturated heterocycles. The summed E-state index contributed by atoms with van der Waals surface area (Å²) in [6, 6.07) is 0. The van der Waals surface area contributed by atoms with E-state index in [-0.39, 0.29) is 18.9 Å². The molecule has 0 bridgehead atoms. The highest BCUT2D eigenvalue weighted by Gasteiger charge is 2.38. The second kappa shape index (κ2) is 3.69. The maximum Gasteiger partial charge on any atom is 0.271 e. The zero-order valence-corrected chi connectivity index (χ0v) is 7.65. The smallest absolute Gasteiger partial charge is 0.271 e. The molecule has 1 nitrogen and oxygen atoms in total. The van der Waals surface area contributed by atoms with Crippen LogP contribution in [0.3, 0.4) is 0 Å². The third-order valence-corrected chi connectivity index (χ3v) is 2.65. The molecule has 0 radical (unpaired) electrons. The zero-order chi connectivity index (χ0) is 9.19. The van der Waals surface area contributed by atoms with Crippen molar-refractivity contribution in [3.05, 3.63) is 0 Å². The summed E-state index contributed by atoms with van der Waals surface area (Å²) in [5, 5.41) is 0. The second-order valence-electron chi connectivity index (χ2n) is 3.72. The highest BCUT2D eigenvalue weighted by atomic mass is 19.3. The number of alkyl halides is 2. The summed E-state index contributed by atoms with van der Waals surface area (Å²) in [7, 11) is 0. The first kappa shape index (κ1) is 9.90. The molecular weight excluding hydrogens is 162 g/mol. The highest BCUT2D eigenvalue weighted by molar-refractivity contribution is 4.78. The molecular formula is C9H16F2O. The molecule has 0 amide bonds. The Morgan fingerprint density at radius 3 is 2.75 bits per heavy atom. The van der Waals surface area contributed by atoms with Gasteiger partial charge in [-0.05, 0) is 11.8 Å². The molecule has 0 saturated carbocycles. The van der Waals surface area contributed by atoms with Gasteiger partial charge in [-0.3, -0.25) is 0 Å². The van der Waals surface area contributed by atoms with Gasteiger partial charge in [-0.15, -0.1) is 0 Å². The first-order valence-corrected chi connectivity index (χ1v) is 4.50. The molecule has 0 spiro atoms. The fraction of sp³-hybridized carbons (Fsp3) is 1.00. The summed E-state index contributed by atoms with van der Waals surface area (Å²) in [6.07, 6.45) is 0.951. The van der Waals surface area contributed by atoms with Gasteiger partial charge < -0.3 is 4.74 Å². The van der Waals surface area contributed by atoms with Crippen LogP contribution < -0.4 is 0 Å². The lowest BCUT2D eigenvalue weighted by Crippen LogP contribution is -2.37. The molecule has 0 aromatic carbocycles. The topological polar surface area (TPSA) is 9.23 Å². The van der Waals surface area contributed by atoms with E-state index in [0.29, 0.717) is 12.5 Å². The van der Waals surface area contributed by atoms with Gasteiger partial charge in [-0.2, -0.15) is 0 Å². The van der Waals surface area contributed by atoms with Gasteiger partial charge in [0, 0.05) is 6.42 Å². The standard InChI is InChI=1S/C9H16F2O/c1-3-7(2)8-4-9(10,11)6-12-5-8/h7-8H,3-6H2,1-2H3. The van der Waals surface area contributed by atoms with Gasteiger partial charge in [-0.25, -0.2) is 8.78 Å². The number of rotatable bonds is 2. The molecule has 3 heteroatoms. The van der Waals surface area contributed by atoms with Gasteiger partial charge in [0.1, 0.15) is 6.61 Å². The van der Waals surface area contributed by atoms with E-state index in [1.807, 2.05) is 13.8 Å². The molecule has 0 aromatic rings. The molecule has 1 fully saturated rings. The van der Waals surface area contributed by atoms with Crippen molar-refractivity contribution in [3.63, 3.8) is 0 Å². The second-order valence-corrected chi connectivity index (χ2v) is 3.72. The summed E-state index contributed by atoms with van der Waals surface area (Å²) in [5.74, 6) is -2.21. The minimum absolute atomic E-state index is 0.00199. The summed E-state index contributed by atoms with van der Waals surface area (Å²) < 4.78 is 30.5. The van der Waals surface area contributed by atoms with Crippen LogP contribution in [0.2, 0.25) is 0 Å². The predicted molar refractivity (Wildman–Crippen MR) is 43.3 cm³/mol. The Morgan fingerprint density at radius 2 is 2.25 bits per heavy atom. The average molecular weight is 178 g/mol. The van der Waals surface area contributed by atoms with E-state index in [9.17, 15) is 8.78 Å². The molecule has 1 aliphatic rings. The zero-order valence-electron chi connectivity index (χ0n) is 7.65. The average Bonchev–Trinajstić information content (AvgIpc) is 2.01. The molecule has 72 valence electrons. The van der Waals surface area contributed by atoms with E-state index in [1.54, 1.807) is 0 Å². The van der Waals surface area contributed by atoms with Crippen LogP contribution in [0.25, 0.3) is 0 Å². The number of ether oxygens (including phenoxy) is 1. The van der Waals surface area contributed by atoms with Crippen LogP contribution in [-0.2, 0) is 4.74 Å². The molecule has 1 rings (SSSR count). The van der Waals surface area contributed by atoms with Gasteiger partial charge in [-0.1, -0.05) is 20.3 Å². The first-order chi connectivity index (χ1) is 5.55. The lowest BCUT2D eigenvalue weighted by molar-refractivity contribution is -0.144. The van der Waals surface area contributed by atoms with E-state index in [0.717, 1.165) is 6.42 Å². The van der Waals surface area contributed by atoms with Gasteiger partial charge in [0.05, 0.1) is 6.61 Å². The van der Waals surface area contributed by atoms with E-state index in [1.165, 1.54) is 0 Å². The quantitative estimate of drug-likeness (QED) is 0.631. The molecule has 2 unspecified atom stereocenters. The third kappa shape index (κ3) is 2.41. The fourth-order valence-electron chi connectivity index (χ4n) is 1.56. The van der Waals surface area contributed by atoms with Crippen LogP contribution in [0.15, 0.2) is 0 Å². The van der Waals surface area contributed by atoms with E-state index in [4.69, 9.17) is 4.74 Å². The Labute approximate surface area is 72.1 Å². The Bertz CT molecular complexity index is 147. The predicted octanol–water partition coefficient (Wildman–Crippen LogP) is 2.70. The molecule has 2 atom stereocenters. The van der Waals surface area contributed by atoms with Crippen molar-refractivity contribution < 1.29 is 13.5 Å². The maximum atomic E-state index is 12.8. The highest BCUT2D eigenvalue weighted by Crippen LogP contribution is 2.33. The fourth-order valence-corrected chi connectivity index (χ4v) is 1.56. The van der Waals surface area contributed by atoms with Crippen molar-refractivity contribution in [2.24, 2.45) is 11.8 Å². The van der Waals surface area contributed by atoms with Gasteiger partial charge >= 0.3 is 0 Å². The minimum atomic E-state index is -2.59. The molecule has 1 heterocycles. The van der Waals surface area contributed by atoms with Crippen LogP contribution in [0.4, 0.5) is 8.78 Å². The summed E-state index contributed by atoms with van der Waals surface area (Å²) in [5.41, 5.74) is 0. The molecule has 1 aliphatic heterocycles. The maximum absolute atomic E-state index is 12.8. The van der Waals surface area contributed by atoms with Crippen molar-refractivity contribution in [2.75, 3.05) is 13.2 Å². The van der Waals surface area contributed by atoms with Crippen molar-refractivity contribution in [1.29, 1.82) is 0 Å². The third-order valence-electron chi connectivity index (χ3n) is 2.65. The molecule has 0 aromatic heterocycles. The van der Waals surface area contributed by atoms with Gasteiger partial charge in [0.15, 0.2) is 0 Å². The monoisotopic (exact) mass is 178 g/mol. The summed E-state index contributed by atoms with van der Waals surface area (Å²) in [4.78, 5) is 0. The normalized spacial score (nSPS) is 31.5. The van der Waals surface area contributed by atoms with Crippen molar-refractivity contribution in [1.82, 2.24) is 0 Å². The minimum Gasteiger partial charge on any atom is -0.375 e. The van der Waals surface area contributed by atoms with Crippen LogP contribution >= 0.6 is 0 Å². The van der Waals surface area contributed by atoms with Crippen LogP contribution in [-0.4, -0.2) is 19.1 Å². The molecule has 0 aliphatic carbocycles. The summed E-state index contributed by atoms with van der Waals surface area (Å²) >= 11 is 0. The van der Waals surface area contributed by atoms with Crippen molar-refractivity contribution >= 4 is 0 Å². The van der Waals surface area contributed by atoms with Crippen LogP contribution in [0.5, 0.6) is 0 Å². The number of hydrogen-bond acceptors (Lipinski definition) is 1. The molecule has 0 N–H and O–H groups in total. The van der Waals surface area contributed by atoms with Crippen LogP contribution in [0, 0.1) is 11.8 Å². The van der Waals surface area contributed by atoms with E-state index < -0.39 is 5.92 Å². The largest absolute Gasteiger partial charge is 0.375 e. The number of halogens is 2. The lowest BCUT2D eigenvalue weighted by atomic mass is 9.86. The molecule has 12 heavy (non-hydrogen) atoms. The van der Waals surface area contributed by atoms with Crippen molar-refractivity contribution in [2.45, 2.75) is 32.6 Å².